The highest BCUT2D eigenvalue weighted by Gasteiger charge is 2.51. The molecule has 0 aromatic rings. The van der Waals surface area contributed by atoms with Crippen LogP contribution in [0.2, 0.25) is 0 Å². The lowest BCUT2D eigenvalue weighted by Crippen LogP contribution is -2.40. The second-order valence-electron chi connectivity index (χ2n) is 5.98. The summed E-state index contributed by atoms with van der Waals surface area (Å²) >= 11 is 0. The summed E-state index contributed by atoms with van der Waals surface area (Å²) in [5.41, 5.74) is 4.77. The number of methoxy groups -OCH3 is 2. The fraction of sp³-hybridized carbons (Fsp3) is 0.500. The molecular formula is C16H18N4O4. The summed E-state index contributed by atoms with van der Waals surface area (Å²) in [6.45, 7) is 3.54. The Balaban J connectivity index is 3.44. The Morgan fingerprint density at radius 2 is 1.88 bits per heavy atom. The topological polar surface area (TPSA) is 142 Å². The van der Waals surface area contributed by atoms with Crippen LogP contribution in [-0.2, 0) is 19.0 Å². The number of ether oxygens (including phenoxy) is 3. The van der Waals surface area contributed by atoms with Crippen molar-refractivity contribution in [1.29, 1.82) is 15.8 Å². The average Bonchev–Trinajstić information content (AvgIpc) is 2.81. The second kappa shape index (κ2) is 7.04. The first-order valence-electron chi connectivity index (χ1n) is 6.96. The molecule has 24 heavy (non-hydrogen) atoms. The van der Waals surface area contributed by atoms with Gasteiger partial charge in [-0.1, -0.05) is 13.8 Å². The molecule has 0 saturated carbocycles. The second-order valence-corrected chi connectivity index (χ2v) is 5.98. The molecule has 8 nitrogen and oxygen atoms in total. The summed E-state index contributed by atoms with van der Waals surface area (Å²) in [5, 5.41) is 27.6. The van der Waals surface area contributed by atoms with Crippen LogP contribution in [0.5, 0.6) is 0 Å². The van der Waals surface area contributed by atoms with Gasteiger partial charge in [0.2, 0.25) is 11.5 Å². The SMILES string of the molecule is COC(=O)CC(C)(C)C[C@@]1(OC)OC(C#N)=C(N)C1=C(C#N)C#N. The molecule has 0 aliphatic carbocycles. The highest BCUT2D eigenvalue weighted by atomic mass is 16.7. The lowest BCUT2D eigenvalue weighted by atomic mass is 9.79. The molecule has 1 aliphatic heterocycles. The van der Waals surface area contributed by atoms with E-state index in [-0.39, 0.29) is 35.4 Å². The summed E-state index contributed by atoms with van der Waals surface area (Å²) < 4.78 is 15.7. The highest BCUT2D eigenvalue weighted by Crippen LogP contribution is 2.46. The minimum Gasteiger partial charge on any atom is -0.469 e. The van der Waals surface area contributed by atoms with Gasteiger partial charge >= 0.3 is 5.97 Å². The number of nitriles is 3. The summed E-state index contributed by atoms with van der Waals surface area (Å²) in [6.07, 6.45) is 0.112. The van der Waals surface area contributed by atoms with Crippen molar-refractivity contribution in [3.05, 3.63) is 22.6 Å². The van der Waals surface area contributed by atoms with Crippen LogP contribution >= 0.6 is 0 Å². The standard InChI is InChI=1S/C16H18N4O4/c1-15(2,5-12(21)22-3)9-16(23-4)13(10(6-17)7-18)14(20)11(8-19)24-16/h5,9,20H2,1-4H3/t16-/m1/s1. The zero-order valence-corrected chi connectivity index (χ0v) is 14.0. The molecule has 0 aromatic heterocycles. The third kappa shape index (κ3) is 3.48. The lowest BCUT2D eigenvalue weighted by molar-refractivity contribution is -0.178. The Hall–Kier alpha value is -3.02. The van der Waals surface area contributed by atoms with Crippen molar-refractivity contribution in [2.75, 3.05) is 14.2 Å². The van der Waals surface area contributed by atoms with Crippen molar-refractivity contribution >= 4 is 5.97 Å². The summed E-state index contributed by atoms with van der Waals surface area (Å²) in [6, 6.07) is 5.26. The summed E-state index contributed by atoms with van der Waals surface area (Å²) in [7, 11) is 2.59. The normalized spacial score (nSPS) is 19.8. The number of nitrogens with zero attached hydrogens (tertiary/aromatic N) is 3. The van der Waals surface area contributed by atoms with Gasteiger partial charge in [0.05, 0.1) is 24.8 Å². The van der Waals surface area contributed by atoms with Gasteiger partial charge in [-0.2, -0.15) is 15.8 Å². The van der Waals surface area contributed by atoms with Gasteiger partial charge in [0, 0.05) is 13.5 Å². The number of hydrogen-bond acceptors (Lipinski definition) is 8. The van der Waals surface area contributed by atoms with Crippen LogP contribution in [0.1, 0.15) is 26.7 Å². The predicted molar refractivity (Wildman–Crippen MR) is 80.9 cm³/mol. The Labute approximate surface area is 140 Å². The minimum absolute atomic E-state index is 0.00416. The number of carbonyl (C=O) groups excluding carboxylic acids is 1. The molecule has 1 aliphatic rings. The molecule has 0 radical (unpaired) electrons. The van der Waals surface area contributed by atoms with E-state index in [1.54, 1.807) is 32.1 Å². The molecule has 1 heterocycles. The quantitative estimate of drug-likeness (QED) is 0.588. The Morgan fingerprint density at radius 3 is 2.29 bits per heavy atom. The molecule has 1 atom stereocenters. The van der Waals surface area contributed by atoms with Crippen LogP contribution in [0.4, 0.5) is 0 Å². The Bertz CT molecular complexity index is 715. The molecule has 0 bridgehead atoms. The van der Waals surface area contributed by atoms with Gasteiger partial charge in [0.1, 0.15) is 23.8 Å². The summed E-state index contributed by atoms with van der Waals surface area (Å²) in [5.74, 6) is -2.27. The Kier molecular flexibility index (Phi) is 5.58. The number of carbonyl (C=O) groups is 1. The van der Waals surface area contributed by atoms with Crippen LogP contribution in [0, 0.1) is 39.4 Å². The fourth-order valence-corrected chi connectivity index (χ4v) is 2.63. The molecule has 1 rings (SSSR count). The molecule has 0 aromatic carbocycles. The summed E-state index contributed by atoms with van der Waals surface area (Å²) in [4.78, 5) is 11.6. The maximum Gasteiger partial charge on any atom is 0.306 e. The van der Waals surface area contributed by atoms with Gasteiger partial charge in [-0.25, -0.2) is 0 Å². The zero-order valence-electron chi connectivity index (χ0n) is 14.0. The first-order valence-corrected chi connectivity index (χ1v) is 6.96. The zero-order chi connectivity index (χ0) is 18.5. The van der Waals surface area contributed by atoms with Gasteiger partial charge in [0.25, 0.3) is 0 Å². The minimum atomic E-state index is -1.60. The molecule has 0 spiro atoms. The average molecular weight is 330 g/mol. The van der Waals surface area contributed by atoms with Crippen molar-refractivity contribution in [2.45, 2.75) is 32.5 Å². The van der Waals surface area contributed by atoms with Gasteiger partial charge in [0.15, 0.2) is 0 Å². The molecule has 0 saturated heterocycles. The Morgan fingerprint density at radius 1 is 1.29 bits per heavy atom. The molecule has 0 unspecified atom stereocenters. The van der Waals surface area contributed by atoms with E-state index in [1.807, 2.05) is 0 Å². The molecular weight excluding hydrogens is 312 g/mol. The van der Waals surface area contributed by atoms with E-state index in [2.05, 4.69) is 4.74 Å². The molecule has 0 amide bonds. The van der Waals surface area contributed by atoms with E-state index >= 15 is 0 Å². The van der Waals surface area contributed by atoms with E-state index in [0.29, 0.717) is 0 Å². The van der Waals surface area contributed by atoms with E-state index in [9.17, 15) is 15.3 Å². The van der Waals surface area contributed by atoms with Gasteiger partial charge in [-0.05, 0) is 5.41 Å². The van der Waals surface area contributed by atoms with Crippen molar-refractivity contribution < 1.29 is 19.0 Å². The van der Waals surface area contributed by atoms with Crippen LogP contribution in [0.3, 0.4) is 0 Å². The lowest BCUT2D eigenvalue weighted by Gasteiger charge is -2.36. The largest absolute Gasteiger partial charge is 0.469 e. The van der Waals surface area contributed by atoms with E-state index in [1.165, 1.54) is 14.2 Å². The van der Waals surface area contributed by atoms with Crippen molar-refractivity contribution in [3.63, 3.8) is 0 Å². The number of nitrogens with two attached hydrogens (primary N) is 1. The number of allylic oxidation sites excluding steroid dienone is 2. The third-order valence-corrected chi connectivity index (χ3v) is 3.63. The van der Waals surface area contributed by atoms with E-state index in [4.69, 9.17) is 20.5 Å². The fourth-order valence-electron chi connectivity index (χ4n) is 2.63. The smallest absolute Gasteiger partial charge is 0.306 e. The van der Waals surface area contributed by atoms with Crippen molar-refractivity contribution in [1.82, 2.24) is 0 Å². The van der Waals surface area contributed by atoms with Crippen LogP contribution in [0.25, 0.3) is 0 Å². The first-order chi connectivity index (χ1) is 11.2. The maximum atomic E-state index is 11.6. The first kappa shape index (κ1) is 19.0. The maximum absolute atomic E-state index is 11.6. The van der Waals surface area contributed by atoms with E-state index < -0.39 is 17.2 Å². The van der Waals surface area contributed by atoms with Gasteiger partial charge in [-0.15, -0.1) is 0 Å². The van der Waals surface area contributed by atoms with Gasteiger partial charge < -0.3 is 19.9 Å². The highest BCUT2D eigenvalue weighted by molar-refractivity contribution is 5.70. The van der Waals surface area contributed by atoms with Crippen LogP contribution < -0.4 is 5.73 Å². The molecule has 0 fully saturated rings. The van der Waals surface area contributed by atoms with Crippen LogP contribution in [0.15, 0.2) is 22.6 Å². The van der Waals surface area contributed by atoms with Crippen molar-refractivity contribution in [2.24, 2.45) is 11.1 Å². The molecule has 126 valence electrons. The van der Waals surface area contributed by atoms with Crippen LogP contribution in [-0.4, -0.2) is 26.0 Å². The number of hydrogen-bond donors (Lipinski definition) is 1. The predicted octanol–water partition coefficient (Wildman–Crippen LogP) is 1.38. The number of rotatable bonds is 5. The van der Waals surface area contributed by atoms with E-state index in [0.717, 1.165) is 0 Å². The van der Waals surface area contributed by atoms with Gasteiger partial charge in [-0.3, -0.25) is 4.79 Å². The molecule has 2 N–H and O–H groups in total. The third-order valence-electron chi connectivity index (χ3n) is 3.63. The monoisotopic (exact) mass is 330 g/mol. The molecule has 8 heteroatoms. The number of esters is 1. The van der Waals surface area contributed by atoms with Crippen molar-refractivity contribution in [3.8, 4) is 18.2 Å².